The SMILES string of the molecule is Cc1cc(NCC(C)(O)CO)ncn1. The van der Waals surface area contributed by atoms with Gasteiger partial charge in [-0.15, -0.1) is 0 Å². The molecule has 0 bridgehead atoms. The number of aliphatic hydroxyl groups is 2. The van der Waals surface area contributed by atoms with Gasteiger partial charge in [0.05, 0.1) is 6.61 Å². The number of hydrogen-bond acceptors (Lipinski definition) is 5. The Morgan fingerprint density at radius 1 is 1.50 bits per heavy atom. The van der Waals surface area contributed by atoms with E-state index in [0.717, 1.165) is 5.69 Å². The summed E-state index contributed by atoms with van der Waals surface area (Å²) < 4.78 is 0. The zero-order chi connectivity index (χ0) is 10.6. The lowest BCUT2D eigenvalue weighted by Gasteiger charge is -2.20. The van der Waals surface area contributed by atoms with Crippen LogP contribution in [-0.4, -0.2) is 38.9 Å². The van der Waals surface area contributed by atoms with Gasteiger partial charge in [-0.2, -0.15) is 0 Å². The first-order valence-electron chi connectivity index (χ1n) is 4.39. The number of nitrogens with one attached hydrogen (secondary N) is 1. The molecule has 0 spiro atoms. The van der Waals surface area contributed by atoms with E-state index in [4.69, 9.17) is 5.11 Å². The lowest BCUT2D eigenvalue weighted by atomic mass is 10.1. The number of aromatic nitrogens is 2. The minimum absolute atomic E-state index is 0.250. The molecule has 0 saturated heterocycles. The zero-order valence-corrected chi connectivity index (χ0v) is 8.36. The molecule has 5 nitrogen and oxygen atoms in total. The molecule has 0 aliphatic rings. The van der Waals surface area contributed by atoms with Gasteiger partial charge in [0.2, 0.25) is 0 Å². The quantitative estimate of drug-likeness (QED) is 0.630. The second-order valence-electron chi connectivity index (χ2n) is 3.55. The van der Waals surface area contributed by atoms with Crippen molar-refractivity contribution in [2.75, 3.05) is 18.5 Å². The predicted octanol–water partition coefficient (Wildman–Crippen LogP) is -0.0598. The summed E-state index contributed by atoms with van der Waals surface area (Å²) in [5.41, 5.74) is -0.273. The van der Waals surface area contributed by atoms with Gasteiger partial charge in [0.1, 0.15) is 17.7 Å². The first-order valence-corrected chi connectivity index (χ1v) is 4.39. The third-order valence-electron chi connectivity index (χ3n) is 1.79. The van der Waals surface area contributed by atoms with E-state index >= 15 is 0 Å². The van der Waals surface area contributed by atoms with Gasteiger partial charge in [0, 0.05) is 18.3 Å². The number of aryl methyl sites for hydroxylation is 1. The normalized spacial score (nSPS) is 14.9. The van der Waals surface area contributed by atoms with Crippen LogP contribution in [0.15, 0.2) is 12.4 Å². The smallest absolute Gasteiger partial charge is 0.129 e. The van der Waals surface area contributed by atoms with Crippen LogP contribution in [0.25, 0.3) is 0 Å². The monoisotopic (exact) mass is 197 g/mol. The molecule has 0 amide bonds. The van der Waals surface area contributed by atoms with E-state index in [1.54, 1.807) is 13.0 Å². The van der Waals surface area contributed by atoms with Crippen LogP contribution >= 0.6 is 0 Å². The minimum Gasteiger partial charge on any atom is -0.393 e. The molecule has 1 aromatic rings. The first-order chi connectivity index (χ1) is 6.53. The number of nitrogens with zero attached hydrogens (tertiary/aromatic N) is 2. The topological polar surface area (TPSA) is 78.3 Å². The molecule has 0 aliphatic carbocycles. The molecule has 14 heavy (non-hydrogen) atoms. The average molecular weight is 197 g/mol. The van der Waals surface area contributed by atoms with Crippen LogP contribution in [0, 0.1) is 6.92 Å². The van der Waals surface area contributed by atoms with Gasteiger partial charge in [-0.05, 0) is 13.8 Å². The summed E-state index contributed by atoms with van der Waals surface area (Å²) in [5.74, 6) is 0.645. The van der Waals surface area contributed by atoms with Gasteiger partial charge < -0.3 is 15.5 Å². The minimum atomic E-state index is -1.13. The van der Waals surface area contributed by atoms with Crippen LogP contribution in [0.5, 0.6) is 0 Å². The van der Waals surface area contributed by atoms with Gasteiger partial charge in [-0.3, -0.25) is 0 Å². The standard InChI is InChI=1S/C9H15N3O2/c1-7-3-8(12-6-11-7)10-4-9(2,14)5-13/h3,6,13-14H,4-5H2,1-2H3,(H,10,11,12). The molecule has 3 N–H and O–H groups in total. The Kier molecular flexibility index (Phi) is 3.38. The number of aliphatic hydroxyl groups excluding tert-OH is 1. The Morgan fingerprint density at radius 3 is 2.79 bits per heavy atom. The number of hydrogen-bond donors (Lipinski definition) is 3. The van der Waals surface area contributed by atoms with Crippen LogP contribution in [0.3, 0.4) is 0 Å². The van der Waals surface area contributed by atoms with Crippen molar-refractivity contribution in [2.24, 2.45) is 0 Å². The summed E-state index contributed by atoms with van der Waals surface area (Å²) in [6.07, 6.45) is 1.45. The van der Waals surface area contributed by atoms with Crippen molar-refractivity contribution in [3.05, 3.63) is 18.1 Å². The van der Waals surface area contributed by atoms with Gasteiger partial charge in [-0.25, -0.2) is 9.97 Å². The van der Waals surface area contributed by atoms with Crippen molar-refractivity contribution in [1.29, 1.82) is 0 Å². The third kappa shape index (κ3) is 3.27. The molecule has 0 radical (unpaired) electrons. The van der Waals surface area contributed by atoms with Gasteiger partial charge >= 0.3 is 0 Å². The maximum Gasteiger partial charge on any atom is 0.129 e. The molecule has 1 aromatic heterocycles. The fourth-order valence-electron chi connectivity index (χ4n) is 0.888. The molecule has 1 heterocycles. The Labute approximate surface area is 82.8 Å². The summed E-state index contributed by atoms with van der Waals surface area (Å²) in [7, 11) is 0. The summed E-state index contributed by atoms with van der Waals surface area (Å²) in [6.45, 7) is 3.37. The Morgan fingerprint density at radius 2 is 2.21 bits per heavy atom. The summed E-state index contributed by atoms with van der Waals surface area (Å²) >= 11 is 0. The van der Waals surface area contributed by atoms with Gasteiger partial charge in [0.25, 0.3) is 0 Å². The van der Waals surface area contributed by atoms with E-state index in [2.05, 4.69) is 15.3 Å². The molecule has 0 saturated carbocycles. The van der Waals surface area contributed by atoms with E-state index in [1.165, 1.54) is 6.33 Å². The molecule has 0 aromatic carbocycles. The number of anilines is 1. The second kappa shape index (κ2) is 4.34. The van der Waals surface area contributed by atoms with Crippen molar-refractivity contribution in [1.82, 2.24) is 9.97 Å². The largest absolute Gasteiger partial charge is 0.393 e. The molecule has 5 heteroatoms. The van der Waals surface area contributed by atoms with Crippen molar-refractivity contribution < 1.29 is 10.2 Å². The van der Waals surface area contributed by atoms with Crippen LogP contribution in [0.2, 0.25) is 0 Å². The van der Waals surface area contributed by atoms with Crippen LogP contribution < -0.4 is 5.32 Å². The second-order valence-corrected chi connectivity index (χ2v) is 3.55. The maximum atomic E-state index is 9.50. The van der Waals surface area contributed by atoms with Crippen LogP contribution in [0.4, 0.5) is 5.82 Å². The average Bonchev–Trinajstić information content (AvgIpc) is 2.15. The highest BCUT2D eigenvalue weighted by molar-refractivity contribution is 5.34. The maximum absolute atomic E-state index is 9.50. The molecule has 1 atom stereocenters. The highest BCUT2D eigenvalue weighted by Crippen LogP contribution is 2.06. The van der Waals surface area contributed by atoms with E-state index in [0.29, 0.717) is 5.82 Å². The van der Waals surface area contributed by atoms with E-state index in [-0.39, 0.29) is 13.2 Å². The Balaban J connectivity index is 2.54. The van der Waals surface area contributed by atoms with Crippen molar-refractivity contribution in [2.45, 2.75) is 19.4 Å². The molecular weight excluding hydrogens is 182 g/mol. The lowest BCUT2D eigenvalue weighted by molar-refractivity contribution is 0.0131. The summed E-state index contributed by atoms with van der Waals surface area (Å²) in [4.78, 5) is 7.90. The number of rotatable bonds is 4. The molecule has 78 valence electrons. The van der Waals surface area contributed by atoms with Crippen LogP contribution in [-0.2, 0) is 0 Å². The molecule has 0 fully saturated rings. The van der Waals surface area contributed by atoms with E-state index in [1.807, 2.05) is 6.92 Å². The molecule has 1 unspecified atom stereocenters. The van der Waals surface area contributed by atoms with Crippen LogP contribution in [0.1, 0.15) is 12.6 Å². The van der Waals surface area contributed by atoms with Crippen molar-refractivity contribution >= 4 is 5.82 Å². The molecule has 0 aliphatic heterocycles. The highest BCUT2D eigenvalue weighted by atomic mass is 16.3. The molecular formula is C9H15N3O2. The summed E-state index contributed by atoms with van der Waals surface area (Å²) in [5, 5.41) is 21.2. The van der Waals surface area contributed by atoms with Crippen molar-refractivity contribution in [3.8, 4) is 0 Å². The van der Waals surface area contributed by atoms with E-state index in [9.17, 15) is 5.11 Å². The zero-order valence-electron chi connectivity index (χ0n) is 8.36. The summed E-state index contributed by atoms with van der Waals surface area (Å²) in [6, 6.07) is 1.77. The predicted molar refractivity (Wildman–Crippen MR) is 53.0 cm³/mol. The van der Waals surface area contributed by atoms with Gasteiger partial charge in [-0.1, -0.05) is 0 Å². The molecule has 1 rings (SSSR count). The van der Waals surface area contributed by atoms with Gasteiger partial charge in [0.15, 0.2) is 0 Å². The van der Waals surface area contributed by atoms with E-state index < -0.39 is 5.60 Å². The third-order valence-corrected chi connectivity index (χ3v) is 1.79. The Bertz CT molecular complexity index is 302. The highest BCUT2D eigenvalue weighted by Gasteiger charge is 2.18. The first kappa shape index (κ1) is 10.9. The Hall–Kier alpha value is -1.20. The lowest BCUT2D eigenvalue weighted by Crippen LogP contribution is -2.37. The fourth-order valence-corrected chi connectivity index (χ4v) is 0.888. The fraction of sp³-hybridized carbons (Fsp3) is 0.556. The van der Waals surface area contributed by atoms with Crippen molar-refractivity contribution in [3.63, 3.8) is 0 Å².